The minimum atomic E-state index is -1.10. The van der Waals surface area contributed by atoms with Crippen LogP contribution in [0.5, 0.6) is 0 Å². The van der Waals surface area contributed by atoms with E-state index in [2.05, 4.69) is 5.32 Å². The van der Waals surface area contributed by atoms with Gasteiger partial charge < -0.3 is 10.1 Å². The van der Waals surface area contributed by atoms with Crippen LogP contribution in [0.4, 0.5) is 9.18 Å². The number of ether oxygens (including phenoxy) is 1. The number of hydrogen-bond donors (Lipinski definition) is 1. The fourth-order valence-electron chi connectivity index (χ4n) is 3.47. The summed E-state index contributed by atoms with van der Waals surface area (Å²) in [4.78, 5) is 26.8. The van der Waals surface area contributed by atoms with E-state index in [-0.39, 0.29) is 24.4 Å². The molecular weight excluding hydrogens is 311 g/mol. The van der Waals surface area contributed by atoms with E-state index in [0.29, 0.717) is 18.6 Å². The van der Waals surface area contributed by atoms with Crippen molar-refractivity contribution >= 4 is 11.9 Å². The van der Waals surface area contributed by atoms with Crippen LogP contribution in [0.15, 0.2) is 24.3 Å². The summed E-state index contributed by atoms with van der Waals surface area (Å²) in [5, 5.41) is 2.87. The molecule has 130 valence electrons. The number of carbonyl (C=O) groups is 2. The zero-order valence-corrected chi connectivity index (χ0v) is 13.9. The predicted molar refractivity (Wildman–Crippen MR) is 86.8 cm³/mol. The second-order valence-corrected chi connectivity index (χ2v) is 6.50. The van der Waals surface area contributed by atoms with Crippen LogP contribution in [0.2, 0.25) is 0 Å². The Morgan fingerprint density at radius 2 is 2.08 bits per heavy atom. The molecule has 0 aromatic heterocycles. The van der Waals surface area contributed by atoms with Gasteiger partial charge in [-0.1, -0.05) is 31.9 Å². The van der Waals surface area contributed by atoms with E-state index in [1.54, 1.807) is 12.1 Å². The van der Waals surface area contributed by atoms with E-state index in [1.165, 1.54) is 17.0 Å². The van der Waals surface area contributed by atoms with E-state index < -0.39 is 11.6 Å². The van der Waals surface area contributed by atoms with Gasteiger partial charge in [-0.15, -0.1) is 0 Å². The van der Waals surface area contributed by atoms with Crippen LogP contribution < -0.4 is 5.32 Å². The van der Waals surface area contributed by atoms with Crippen molar-refractivity contribution in [3.8, 4) is 0 Å². The summed E-state index contributed by atoms with van der Waals surface area (Å²) < 4.78 is 18.8. The van der Waals surface area contributed by atoms with Gasteiger partial charge in [-0.05, 0) is 37.0 Å². The summed E-state index contributed by atoms with van der Waals surface area (Å²) in [6.45, 7) is 2.98. The van der Waals surface area contributed by atoms with Gasteiger partial charge >= 0.3 is 6.03 Å². The molecule has 3 amide bonds. The van der Waals surface area contributed by atoms with Gasteiger partial charge in [0.15, 0.2) is 0 Å². The Kier molecular flexibility index (Phi) is 4.85. The molecule has 1 aromatic carbocycles. The van der Waals surface area contributed by atoms with Gasteiger partial charge in [-0.3, -0.25) is 9.69 Å². The Bertz CT molecular complexity index is 613. The van der Waals surface area contributed by atoms with Crippen molar-refractivity contribution in [3.05, 3.63) is 35.6 Å². The van der Waals surface area contributed by atoms with Gasteiger partial charge in [0.05, 0.1) is 12.6 Å². The second kappa shape index (κ2) is 6.89. The first-order valence-corrected chi connectivity index (χ1v) is 8.58. The van der Waals surface area contributed by atoms with Crippen molar-refractivity contribution in [2.75, 3.05) is 13.2 Å². The Hall–Kier alpha value is -1.95. The predicted octanol–water partition coefficient (Wildman–Crippen LogP) is 2.94. The van der Waals surface area contributed by atoms with Gasteiger partial charge in [0.2, 0.25) is 0 Å². The topological polar surface area (TPSA) is 58.6 Å². The highest BCUT2D eigenvalue weighted by molar-refractivity contribution is 6.07. The zero-order chi connectivity index (χ0) is 17.2. The SMILES string of the molecule is CCCC[C@@]1(c2ccc(F)cc2)NC(=O)N(C[C@@H]2CCCO2)C1=O. The van der Waals surface area contributed by atoms with Gasteiger partial charge in [0.25, 0.3) is 5.91 Å². The van der Waals surface area contributed by atoms with Gasteiger partial charge in [0.1, 0.15) is 11.4 Å². The summed E-state index contributed by atoms with van der Waals surface area (Å²) in [6, 6.07) is 5.42. The Labute approximate surface area is 141 Å². The third kappa shape index (κ3) is 3.02. The van der Waals surface area contributed by atoms with Crippen LogP contribution in [-0.2, 0) is 15.1 Å². The summed E-state index contributed by atoms with van der Waals surface area (Å²) in [6.07, 6.45) is 3.91. The minimum absolute atomic E-state index is 0.0881. The van der Waals surface area contributed by atoms with Crippen LogP contribution in [0, 0.1) is 5.82 Å². The standard InChI is InChI=1S/C18H23FN2O3/c1-2-3-10-18(13-6-8-14(19)9-7-13)16(22)21(17(23)20-18)12-15-5-4-11-24-15/h6-9,15H,2-5,10-12H2,1H3,(H,20,23)/t15-,18-/m0/s1. The average Bonchev–Trinajstić information content (AvgIpc) is 3.17. The molecule has 1 aromatic rings. The monoisotopic (exact) mass is 334 g/mol. The van der Waals surface area contributed by atoms with Crippen LogP contribution >= 0.6 is 0 Å². The van der Waals surface area contributed by atoms with Gasteiger partial charge in [-0.2, -0.15) is 0 Å². The molecule has 6 heteroatoms. The number of unbranched alkanes of at least 4 members (excludes halogenated alkanes) is 1. The van der Waals surface area contributed by atoms with Crippen molar-refractivity contribution in [1.29, 1.82) is 0 Å². The van der Waals surface area contributed by atoms with Gasteiger partial charge in [0, 0.05) is 6.61 Å². The Morgan fingerprint density at radius 3 is 2.71 bits per heavy atom. The minimum Gasteiger partial charge on any atom is -0.376 e. The lowest BCUT2D eigenvalue weighted by molar-refractivity contribution is -0.133. The first-order chi connectivity index (χ1) is 11.6. The molecule has 0 radical (unpaired) electrons. The lowest BCUT2D eigenvalue weighted by Gasteiger charge is -2.27. The number of imide groups is 1. The quantitative estimate of drug-likeness (QED) is 0.814. The fourth-order valence-corrected chi connectivity index (χ4v) is 3.47. The van der Waals surface area contributed by atoms with Crippen molar-refractivity contribution in [2.45, 2.75) is 50.7 Å². The number of rotatable bonds is 6. The van der Waals surface area contributed by atoms with Gasteiger partial charge in [-0.25, -0.2) is 9.18 Å². The highest BCUT2D eigenvalue weighted by Gasteiger charge is 2.52. The number of amides is 3. The molecule has 2 heterocycles. The molecular formula is C18H23FN2O3. The number of nitrogens with zero attached hydrogens (tertiary/aromatic N) is 1. The maximum absolute atomic E-state index is 13.3. The number of urea groups is 1. The normalized spacial score (nSPS) is 26.9. The van der Waals surface area contributed by atoms with Crippen molar-refractivity contribution in [1.82, 2.24) is 10.2 Å². The molecule has 0 unspecified atom stereocenters. The lowest BCUT2D eigenvalue weighted by atomic mass is 9.84. The third-order valence-electron chi connectivity index (χ3n) is 4.83. The fraction of sp³-hybridized carbons (Fsp3) is 0.556. The first-order valence-electron chi connectivity index (χ1n) is 8.58. The molecule has 2 fully saturated rings. The number of carbonyl (C=O) groups excluding carboxylic acids is 2. The van der Waals surface area contributed by atoms with Crippen molar-refractivity contribution in [3.63, 3.8) is 0 Å². The molecule has 2 saturated heterocycles. The smallest absolute Gasteiger partial charge is 0.325 e. The highest BCUT2D eigenvalue weighted by Crippen LogP contribution is 2.35. The molecule has 2 aliphatic rings. The Morgan fingerprint density at radius 1 is 1.33 bits per heavy atom. The molecule has 3 rings (SSSR count). The van der Waals surface area contributed by atoms with E-state index in [0.717, 1.165) is 25.7 Å². The molecule has 1 N–H and O–H groups in total. The summed E-state index contributed by atoms with van der Waals surface area (Å²) in [5.41, 5.74) is -0.468. The highest BCUT2D eigenvalue weighted by atomic mass is 19.1. The molecule has 5 nitrogen and oxygen atoms in total. The van der Waals surface area contributed by atoms with E-state index in [9.17, 15) is 14.0 Å². The molecule has 2 aliphatic heterocycles. The van der Waals surface area contributed by atoms with E-state index in [1.807, 2.05) is 6.92 Å². The van der Waals surface area contributed by atoms with Crippen molar-refractivity contribution < 1.29 is 18.7 Å². The number of hydrogen-bond acceptors (Lipinski definition) is 3. The van der Waals surface area contributed by atoms with E-state index in [4.69, 9.17) is 4.74 Å². The maximum Gasteiger partial charge on any atom is 0.325 e. The second-order valence-electron chi connectivity index (χ2n) is 6.50. The molecule has 0 aliphatic carbocycles. The number of halogens is 1. The van der Waals surface area contributed by atoms with Crippen LogP contribution in [0.3, 0.4) is 0 Å². The van der Waals surface area contributed by atoms with E-state index >= 15 is 0 Å². The van der Waals surface area contributed by atoms with Crippen molar-refractivity contribution in [2.24, 2.45) is 0 Å². The maximum atomic E-state index is 13.3. The molecule has 24 heavy (non-hydrogen) atoms. The first kappa shape index (κ1) is 16.9. The largest absolute Gasteiger partial charge is 0.376 e. The lowest BCUT2D eigenvalue weighted by Crippen LogP contribution is -2.44. The summed E-state index contributed by atoms with van der Waals surface area (Å²) in [7, 11) is 0. The molecule has 2 atom stereocenters. The third-order valence-corrected chi connectivity index (χ3v) is 4.83. The van der Waals surface area contributed by atoms with Crippen LogP contribution in [-0.4, -0.2) is 36.1 Å². The zero-order valence-electron chi connectivity index (χ0n) is 13.9. The van der Waals surface area contributed by atoms with Crippen LogP contribution in [0.1, 0.15) is 44.6 Å². The molecule has 0 bridgehead atoms. The molecule has 0 spiro atoms. The number of benzene rings is 1. The summed E-state index contributed by atoms with van der Waals surface area (Å²) in [5.74, 6) is -0.625. The Balaban J connectivity index is 1.89. The van der Waals surface area contributed by atoms with Crippen LogP contribution in [0.25, 0.3) is 0 Å². The number of nitrogens with one attached hydrogen (secondary N) is 1. The summed E-state index contributed by atoms with van der Waals surface area (Å²) >= 11 is 0. The average molecular weight is 334 g/mol. The molecule has 0 saturated carbocycles.